The smallest absolute Gasteiger partial charge is 0.253 e. The Morgan fingerprint density at radius 2 is 1.77 bits per heavy atom. The van der Waals surface area contributed by atoms with Gasteiger partial charge < -0.3 is 24.4 Å². The number of carbonyl (C=O) groups is 4. The molecule has 2 atom stereocenters. The molecule has 288 valence electrons. The van der Waals surface area contributed by atoms with E-state index in [9.17, 15) is 19.2 Å². The number of benzene rings is 2. The molecule has 4 aliphatic rings. The van der Waals surface area contributed by atoms with Gasteiger partial charge >= 0.3 is 0 Å². The van der Waals surface area contributed by atoms with Crippen LogP contribution in [0.25, 0.3) is 22.6 Å². The van der Waals surface area contributed by atoms with Crippen molar-refractivity contribution in [3.05, 3.63) is 82.8 Å². The fourth-order valence-corrected chi connectivity index (χ4v) is 9.00. The molecule has 0 saturated carbocycles. The Balaban J connectivity index is 0.797. The maximum atomic E-state index is 13.8. The van der Waals surface area contributed by atoms with E-state index in [1.807, 2.05) is 49.3 Å². The number of halogens is 1. The molecule has 4 fully saturated rings. The van der Waals surface area contributed by atoms with E-state index < -0.39 is 0 Å². The first-order valence-corrected chi connectivity index (χ1v) is 19.5. The van der Waals surface area contributed by atoms with E-state index in [4.69, 9.17) is 16.3 Å². The predicted molar refractivity (Wildman–Crippen MR) is 208 cm³/mol. The SMILES string of the molecule is Cc1nn(C)cc1-c1nc2ncc(Cl)c(Oc3ccc(C(=O)N4CCCC(C(=O)N5CCC6(C5)CN(c5ccc([C@@H]7CCC(=O)NC7=O)cc5)C6)C4)cc3)c2[nH]1. The van der Waals surface area contributed by atoms with Gasteiger partial charge in [-0.3, -0.25) is 29.2 Å². The molecular formula is C41H42ClN9O5. The molecule has 1 unspecified atom stereocenters. The number of nitrogens with zero attached hydrogens (tertiary/aromatic N) is 7. The first-order chi connectivity index (χ1) is 27.0. The summed E-state index contributed by atoms with van der Waals surface area (Å²) in [6.45, 7) is 6.10. The number of likely N-dealkylation sites (tertiary alicyclic amines) is 2. The Bertz CT molecular complexity index is 2370. The van der Waals surface area contributed by atoms with Gasteiger partial charge in [-0.2, -0.15) is 5.10 Å². The number of imide groups is 1. The van der Waals surface area contributed by atoms with Gasteiger partial charge in [-0.05, 0) is 74.6 Å². The molecule has 3 aromatic heterocycles. The van der Waals surface area contributed by atoms with Crippen LogP contribution in [0.4, 0.5) is 5.69 Å². The molecule has 0 radical (unpaired) electrons. The number of fused-ring (bicyclic) bond motifs is 1. The number of pyridine rings is 1. The number of ether oxygens (including phenoxy) is 1. The zero-order valence-corrected chi connectivity index (χ0v) is 32.0. The Kier molecular flexibility index (Phi) is 9.02. The highest BCUT2D eigenvalue weighted by Crippen LogP contribution is 2.43. The number of rotatable bonds is 7. The molecule has 0 bridgehead atoms. The molecule has 9 rings (SSSR count). The summed E-state index contributed by atoms with van der Waals surface area (Å²) in [4.78, 5) is 69.8. The van der Waals surface area contributed by atoms with Crippen molar-refractivity contribution in [3.63, 3.8) is 0 Å². The minimum atomic E-state index is -0.295. The molecule has 56 heavy (non-hydrogen) atoms. The van der Waals surface area contributed by atoms with Gasteiger partial charge in [-0.1, -0.05) is 23.7 Å². The molecule has 15 heteroatoms. The summed E-state index contributed by atoms with van der Waals surface area (Å²) in [6, 6.07) is 15.0. The lowest BCUT2D eigenvalue weighted by atomic mass is 9.78. The molecule has 4 saturated heterocycles. The van der Waals surface area contributed by atoms with Gasteiger partial charge in [0.25, 0.3) is 5.91 Å². The van der Waals surface area contributed by atoms with Crippen LogP contribution in [0.3, 0.4) is 0 Å². The first kappa shape index (κ1) is 35.9. The number of carbonyl (C=O) groups excluding carboxylic acids is 4. The lowest BCUT2D eigenvalue weighted by Crippen LogP contribution is -2.58. The zero-order chi connectivity index (χ0) is 38.7. The number of H-pyrrole nitrogens is 1. The standard InChI is InChI=1S/C41H42ClN9O5/c1-24-31(20-48(2)47-24)36-45-34-35(32(42)18-43-37(34)46-36)56-29-11-7-26(8-12-29)39(54)49-16-3-4-27(19-49)40(55)50-17-15-41(21-50)22-51(23-41)28-9-5-25(6-10-28)30-13-14-33(52)44-38(30)53/h5-12,18,20,27,30H,3-4,13-17,19,21-23H2,1-2H3,(H,43,45,46)(H,44,52,53)/t27?,30-/m0/s1. The quantitative estimate of drug-likeness (QED) is 0.212. The molecule has 4 amide bonds. The summed E-state index contributed by atoms with van der Waals surface area (Å²) in [5, 5.41) is 7.16. The van der Waals surface area contributed by atoms with Crippen molar-refractivity contribution in [2.45, 2.75) is 44.9 Å². The van der Waals surface area contributed by atoms with Crippen molar-refractivity contribution in [2.75, 3.05) is 44.2 Å². The second-order valence-electron chi connectivity index (χ2n) is 15.7. The average molecular weight is 776 g/mol. The van der Waals surface area contributed by atoms with Crippen molar-refractivity contribution in [1.29, 1.82) is 0 Å². The van der Waals surface area contributed by atoms with Crippen LogP contribution in [0, 0.1) is 18.3 Å². The summed E-state index contributed by atoms with van der Waals surface area (Å²) in [5.74, 6) is 0.550. The van der Waals surface area contributed by atoms with Gasteiger partial charge in [0.05, 0.1) is 29.3 Å². The van der Waals surface area contributed by atoms with Gasteiger partial charge in [-0.25, -0.2) is 9.97 Å². The second-order valence-corrected chi connectivity index (χ2v) is 16.1. The van der Waals surface area contributed by atoms with E-state index in [-0.39, 0.29) is 40.9 Å². The van der Waals surface area contributed by atoms with Crippen molar-refractivity contribution in [2.24, 2.45) is 18.4 Å². The summed E-state index contributed by atoms with van der Waals surface area (Å²) in [6.07, 6.45) is 6.77. The Morgan fingerprint density at radius 3 is 2.50 bits per heavy atom. The Labute approximate surface area is 328 Å². The van der Waals surface area contributed by atoms with Crippen LogP contribution in [0.2, 0.25) is 5.02 Å². The number of hydrogen-bond acceptors (Lipinski definition) is 9. The van der Waals surface area contributed by atoms with Gasteiger partial charge in [0.1, 0.15) is 22.1 Å². The summed E-state index contributed by atoms with van der Waals surface area (Å²) in [7, 11) is 1.85. The lowest BCUT2D eigenvalue weighted by Gasteiger charge is -2.49. The largest absolute Gasteiger partial charge is 0.453 e. The third-order valence-corrected chi connectivity index (χ3v) is 12.0. The minimum Gasteiger partial charge on any atom is -0.453 e. The fourth-order valence-electron chi connectivity index (χ4n) is 8.81. The molecule has 7 heterocycles. The van der Waals surface area contributed by atoms with Crippen LogP contribution in [0.1, 0.15) is 59.6 Å². The third-order valence-electron chi connectivity index (χ3n) is 11.8. The highest BCUT2D eigenvalue weighted by atomic mass is 35.5. The average Bonchev–Trinajstić information content (AvgIpc) is 3.92. The van der Waals surface area contributed by atoms with Gasteiger partial charge in [0.15, 0.2) is 11.4 Å². The van der Waals surface area contributed by atoms with E-state index in [0.29, 0.717) is 65.0 Å². The van der Waals surface area contributed by atoms with E-state index >= 15 is 0 Å². The molecule has 2 aromatic carbocycles. The maximum absolute atomic E-state index is 13.8. The number of aromatic amines is 1. The summed E-state index contributed by atoms with van der Waals surface area (Å²) >= 11 is 6.54. The molecule has 1 spiro atoms. The van der Waals surface area contributed by atoms with Crippen molar-refractivity contribution < 1.29 is 23.9 Å². The Morgan fingerprint density at radius 1 is 0.982 bits per heavy atom. The van der Waals surface area contributed by atoms with Crippen LogP contribution in [-0.4, -0.2) is 97.4 Å². The highest BCUT2D eigenvalue weighted by Gasteiger charge is 2.49. The number of imidazole rings is 1. The van der Waals surface area contributed by atoms with Gasteiger partial charge in [0, 0.05) is 75.6 Å². The second kappa shape index (κ2) is 14.1. The monoisotopic (exact) mass is 775 g/mol. The Hall–Kier alpha value is -5.76. The maximum Gasteiger partial charge on any atom is 0.253 e. The van der Waals surface area contributed by atoms with Gasteiger partial charge in [-0.15, -0.1) is 0 Å². The highest BCUT2D eigenvalue weighted by molar-refractivity contribution is 6.32. The van der Waals surface area contributed by atoms with Crippen LogP contribution in [0.5, 0.6) is 11.5 Å². The van der Waals surface area contributed by atoms with E-state index in [1.165, 1.54) is 6.20 Å². The zero-order valence-electron chi connectivity index (χ0n) is 31.3. The molecule has 4 aliphatic heterocycles. The topological polar surface area (TPSA) is 159 Å². The minimum absolute atomic E-state index is 0.0658. The third kappa shape index (κ3) is 6.65. The molecule has 5 aromatic rings. The molecule has 14 nitrogen and oxygen atoms in total. The van der Waals surface area contributed by atoms with Gasteiger partial charge in [0.2, 0.25) is 17.7 Å². The van der Waals surface area contributed by atoms with Crippen molar-refractivity contribution >= 4 is 52.1 Å². The number of hydrogen-bond donors (Lipinski definition) is 2. The predicted octanol–water partition coefficient (Wildman–Crippen LogP) is 5.22. The molecular weight excluding hydrogens is 734 g/mol. The number of nitrogens with one attached hydrogen (secondary N) is 2. The van der Waals surface area contributed by atoms with Crippen LogP contribution >= 0.6 is 11.6 Å². The molecule has 2 N–H and O–H groups in total. The lowest BCUT2D eigenvalue weighted by molar-refractivity contribution is -0.136. The van der Waals surface area contributed by atoms with Crippen molar-refractivity contribution in [3.8, 4) is 22.9 Å². The molecule has 0 aliphatic carbocycles. The van der Waals surface area contributed by atoms with E-state index in [2.05, 4.69) is 30.3 Å². The number of anilines is 1. The number of aryl methyl sites for hydroxylation is 2. The van der Waals surface area contributed by atoms with Crippen molar-refractivity contribution in [1.82, 2.24) is 39.8 Å². The number of piperidine rings is 2. The van der Waals surface area contributed by atoms with E-state index in [1.54, 1.807) is 33.8 Å². The van der Waals surface area contributed by atoms with Crippen LogP contribution in [0.15, 0.2) is 60.9 Å². The van der Waals surface area contributed by atoms with Crippen LogP contribution < -0.4 is 15.0 Å². The van der Waals surface area contributed by atoms with Crippen LogP contribution in [-0.2, 0) is 21.4 Å². The number of amides is 4. The van der Waals surface area contributed by atoms with E-state index in [0.717, 1.165) is 67.9 Å². The summed E-state index contributed by atoms with van der Waals surface area (Å²) in [5.41, 5.74) is 5.29. The normalized spacial score (nSPS) is 20.7. The first-order valence-electron chi connectivity index (χ1n) is 19.1. The fraction of sp³-hybridized carbons (Fsp3) is 0.390. The summed E-state index contributed by atoms with van der Waals surface area (Å²) < 4.78 is 7.95. The number of aromatic nitrogens is 5.